The smallest absolute Gasteiger partial charge is 0.267 e. The van der Waals surface area contributed by atoms with Gasteiger partial charge in [0.05, 0.1) is 31.1 Å². The molecule has 0 saturated heterocycles. The number of rotatable bonds is 5. The van der Waals surface area contributed by atoms with Crippen LogP contribution in [0.25, 0.3) is 22.2 Å². The normalized spacial score (nSPS) is 11.8. The Bertz CT molecular complexity index is 1280. The number of pyridine rings is 1. The average molecular weight is 492 g/mol. The number of para-hydroxylation sites is 1. The lowest BCUT2D eigenvalue weighted by Gasteiger charge is -2.10. The number of amides is 1. The Kier molecular flexibility index (Phi) is 6.30. The van der Waals surface area contributed by atoms with E-state index in [1.165, 1.54) is 5.56 Å². The molecular formula is C25H22BrN3OS. The van der Waals surface area contributed by atoms with Gasteiger partial charge in [0.1, 0.15) is 0 Å². The topological polar surface area (TPSA) is 54.4 Å². The highest BCUT2D eigenvalue weighted by Crippen LogP contribution is 2.27. The van der Waals surface area contributed by atoms with Crippen molar-refractivity contribution in [1.82, 2.24) is 10.4 Å². The number of thiophene rings is 1. The maximum absolute atomic E-state index is 13.1. The number of hydrogen-bond donors (Lipinski definition) is 1. The van der Waals surface area contributed by atoms with Crippen molar-refractivity contribution in [2.75, 3.05) is 0 Å². The van der Waals surface area contributed by atoms with Gasteiger partial charge in [0, 0.05) is 10.9 Å². The van der Waals surface area contributed by atoms with Crippen LogP contribution < -0.4 is 5.43 Å². The number of fused-ring (bicyclic) bond motifs is 1. The third-order valence-corrected chi connectivity index (χ3v) is 6.82. The molecule has 1 amide bonds. The summed E-state index contributed by atoms with van der Waals surface area (Å²) in [5.74, 6) is 0.207. The molecule has 0 unspecified atom stereocenters. The van der Waals surface area contributed by atoms with Gasteiger partial charge < -0.3 is 0 Å². The van der Waals surface area contributed by atoms with Crippen LogP contribution in [0.5, 0.6) is 0 Å². The molecule has 2 aromatic carbocycles. The van der Waals surface area contributed by atoms with Crippen LogP contribution in [0.1, 0.15) is 47.5 Å². The highest BCUT2D eigenvalue weighted by molar-refractivity contribution is 9.11. The summed E-state index contributed by atoms with van der Waals surface area (Å²) < 4.78 is 1.02. The predicted octanol–water partition coefficient (Wildman–Crippen LogP) is 7.00. The molecule has 156 valence electrons. The first kappa shape index (κ1) is 21.4. The van der Waals surface area contributed by atoms with E-state index >= 15 is 0 Å². The molecule has 0 aliphatic rings. The van der Waals surface area contributed by atoms with Gasteiger partial charge in [-0.15, -0.1) is 11.3 Å². The molecule has 2 heterocycles. The van der Waals surface area contributed by atoms with Crippen molar-refractivity contribution in [3.05, 3.63) is 86.5 Å². The zero-order valence-corrected chi connectivity index (χ0v) is 19.9. The van der Waals surface area contributed by atoms with Gasteiger partial charge in [-0.1, -0.05) is 56.3 Å². The lowest BCUT2D eigenvalue weighted by molar-refractivity contribution is 0.0956. The molecular weight excluding hydrogens is 470 g/mol. The summed E-state index contributed by atoms with van der Waals surface area (Å²) in [5, 5.41) is 5.11. The lowest BCUT2D eigenvalue weighted by atomic mass is 9.99. The van der Waals surface area contributed by atoms with Crippen LogP contribution in [-0.4, -0.2) is 16.6 Å². The fourth-order valence-corrected chi connectivity index (χ4v) is 4.64. The summed E-state index contributed by atoms with van der Waals surface area (Å²) in [7, 11) is 0. The summed E-state index contributed by atoms with van der Waals surface area (Å²) >= 11 is 5.03. The monoisotopic (exact) mass is 491 g/mol. The van der Waals surface area contributed by atoms with Crippen molar-refractivity contribution in [3.63, 3.8) is 0 Å². The SMILES string of the molecule is C/C(=N\NC(=O)c1cc(-c2ccc(C(C)C)cc2)nc2ccccc12)c1ccc(Br)s1. The van der Waals surface area contributed by atoms with Crippen molar-refractivity contribution in [2.45, 2.75) is 26.7 Å². The molecule has 0 atom stereocenters. The van der Waals surface area contributed by atoms with Gasteiger partial charge in [-0.25, -0.2) is 10.4 Å². The molecule has 4 rings (SSSR count). The van der Waals surface area contributed by atoms with Crippen molar-refractivity contribution in [3.8, 4) is 11.3 Å². The van der Waals surface area contributed by atoms with E-state index in [4.69, 9.17) is 4.98 Å². The summed E-state index contributed by atoms with van der Waals surface area (Å²) in [6, 6.07) is 21.8. The number of halogens is 1. The zero-order valence-electron chi connectivity index (χ0n) is 17.5. The number of nitrogens with one attached hydrogen (secondary N) is 1. The van der Waals surface area contributed by atoms with E-state index in [0.29, 0.717) is 11.5 Å². The third kappa shape index (κ3) is 4.75. The molecule has 0 fully saturated rings. The summed E-state index contributed by atoms with van der Waals surface area (Å²) in [6.45, 7) is 6.22. The predicted molar refractivity (Wildman–Crippen MR) is 133 cm³/mol. The molecule has 0 saturated carbocycles. The molecule has 0 radical (unpaired) electrons. The van der Waals surface area contributed by atoms with Gasteiger partial charge in [-0.2, -0.15) is 5.10 Å². The van der Waals surface area contributed by atoms with Gasteiger partial charge >= 0.3 is 0 Å². The number of hydrazone groups is 1. The Morgan fingerprint density at radius 3 is 2.48 bits per heavy atom. The molecule has 0 bridgehead atoms. The van der Waals surface area contributed by atoms with Crippen molar-refractivity contribution >= 4 is 49.8 Å². The highest BCUT2D eigenvalue weighted by Gasteiger charge is 2.14. The number of carbonyl (C=O) groups is 1. The van der Waals surface area contributed by atoms with Crippen molar-refractivity contribution in [1.29, 1.82) is 0 Å². The molecule has 0 aliphatic heterocycles. The zero-order chi connectivity index (χ0) is 22.0. The number of carbonyl (C=O) groups excluding carboxylic acids is 1. The third-order valence-electron chi connectivity index (χ3n) is 5.09. The molecule has 0 spiro atoms. The van der Waals surface area contributed by atoms with Crippen molar-refractivity contribution < 1.29 is 4.79 Å². The fraction of sp³-hybridized carbons (Fsp3) is 0.160. The van der Waals surface area contributed by atoms with Crippen LogP contribution in [-0.2, 0) is 0 Å². The van der Waals surface area contributed by atoms with Crippen LogP contribution in [0.4, 0.5) is 0 Å². The standard InChI is InChI=1S/C25H22BrN3OS/c1-15(2)17-8-10-18(11-9-17)22-14-20(19-6-4-5-7-21(19)27-22)25(30)29-28-16(3)23-12-13-24(26)31-23/h4-15H,1-3H3,(H,29,30)/b28-16+. The van der Waals surface area contributed by atoms with E-state index in [2.05, 4.69) is 64.6 Å². The summed E-state index contributed by atoms with van der Waals surface area (Å²) in [4.78, 5) is 18.9. The minimum absolute atomic E-state index is 0.256. The number of benzene rings is 2. The van der Waals surface area contributed by atoms with Gasteiger partial charge in [0.2, 0.25) is 0 Å². The summed E-state index contributed by atoms with van der Waals surface area (Å²) in [5.41, 5.74) is 7.82. The summed E-state index contributed by atoms with van der Waals surface area (Å²) in [6.07, 6.45) is 0. The number of nitrogens with zero attached hydrogens (tertiary/aromatic N) is 2. The van der Waals surface area contributed by atoms with E-state index in [9.17, 15) is 4.79 Å². The Morgan fingerprint density at radius 2 is 1.81 bits per heavy atom. The first-order chi connectivity index (χ1) is 14.9. The van der Waals surface area contributed by atoms with Crippen LogP contribution in [0, 0.1) is 0 Å². The fourth-order valence-electron chi connectivity index (χ4n) is 3.31. The van der Waals surface area contributed by atoms with Crippen LogP contribution in [0.15, 0.2) is 75.6 Å². The Balaban J connectivity index is 1.70. The molecule has 2 aromatic heterocycles. The van der Waals surface area contributed by atoms with E-state index in [1.54, 1.807) is 11.3 Å². The molecule has 4 nitrogen and oxygen atoms in total. The number of hydrogen-bond acceptors (Lipinski definition) is 4. The van der Waals surface area contributed by atoms with Gasteiger partial charge in [-0.05, 0) is 58.6 Å². The molecule has 4 aromatic rings. The quantitative estimate of drug-likeness (QED) is 0.241. The largest absolute Gasteiger partial charge is 0.272 e. The van der Waals surface area contributed by atoms with Gasteiger partial charge in [0.15, 0.2) is 0 Å². The first-order valence-corrected chi connectivity index (χ1v) is 11.6. The van der Waals surface area contributed by atoms with Gasteiger partial charge in [-0.3, -0.25) is 4.79 Å². The highest BCUT2D eigenvalue weighted by atomic mass is 79.9. The second-order valence-corrected chi connectivity index (χ2v) is 10.1. The minimum Gasteiger partial charge on any atom is -0.267 e. The first-order valence-electron chi connectivity index (χ1n) is 10.0. The second-order valence-electron chi connectivity index (χ2n) is 7.59. The van der Waals surface area contributed by atoms with Crippen LogP contribution in [0.2, 0.25) is 0 Å². The second kappa shape index (κ2) is 9.12. The number of aromatic nitrogens is 1. The van der Waals surface area contributed by atoms with E-state index in [1.807, 2.05) is 49.4 Å². The van der Waals surface area contributed by atoms with E-state index in [0.717, 1.165) is 36.5 Å². The Hall–Kier alpha value is -2.83. The lowest BCUT2D eigenvalue weighted by Crippen LogP contribution is -2.19. The average Bonchev–Trinajstić information content (AvgIpc) is 3.23. The molecule has 31 heavy (non-hydrogen) atoms. The minimum atomic E-state index is -0.256. The Morgan fingerprint density at radius 1 is 1.06 bits per heavy atom. The molecule has 0 aliphatic carbocycles. The molecule has 1 N–H and O–H groups in total. The molecule has 6 heteroatoms. The van der Waals surface area contributed by atoms with Crippen LogP contribution >= 0.6 is 27.3 Å². The van der Waals surface area contributed by atoms with Crippen molar-refractivity contribution in [2.24, 2.45) is 5.10 Å². The maximum Gasteiger partial charge on any atom is 0.272 e. The van der Waals surface area contributed by atoms with E-state index < -0.39 is 0 Å². The maximum atomic E-state index is 13.1. The van der Waals surface area contributed by atoms with E-state index in [-0.39, 0.29) is 5.91 Å². The van der Waals surface area contributed by atoms with Crippen LogP contribution in [0.3, 0.4) is 0 Å². The van der Waals surface area contributed by atoms with Gasteiger partial charge in [0.25, 0.3) is 5.91 Å². The Labute approximate surface area is 194 Å².